The van der Waals surface area contributed by atoms with Gasteiger partial charge >= 0.3 is 24.1 Å². The number of Topliss-reactive ketones (excluding diaryl/α,β-unsaturated/α-hetero) is 2. The fourth-order valence-electron chi connectivity index (χ4n) is 8.35. The van der Waals surface area contributed by atoms with Crippen LogP contribution in [0, 0.1) is 11.8 Å². The minimum Gasteiger partial charge on any atom is -0.488 e. The molecule has 0 bridgehead atoms. The lowest BCUT2D eigenvalue weighted by molar-refractivity contribution is -0.158. The second-order valence-electron chi connectivity index (χ2n) is 17.2. The predicted molar refractivity (Wildman–Crippen MR) is 213 cm³/mol. The number of rotatable bonds is 10. The van der Waals surface area contributed by atoms with E-state index in [4.69, 9.17) is 23.7 Å². The Kier molecular flexibility index (Phi) is 12.7. The number of amides is 3. The number of carbonyl (C=O) groups excluding carboxylic acids is 7. The molecular formula is C44H55N3O12. The topological polar surface area (TPSA) is 184 Å². The molecule has 1 unspecified atom stereocenters. The Balaban J connectivity index is 1.10. The van der Waals surface area contributed by atoms with Crippen molar-refractivity contribution in [3.05, 3.63) is 52.6 Å². The van der Waals surface area contributed by atoms with Crippen molar-refractivity contribution in [2.75, 3.05) is 20.3 Å². The van der Waals surface area contributed by atoms with Gasteiger partial charge in [-0.2, -0.15) is 0 Å². The molecular weight excluding hydrogens is 762 g/mol. The number of hydrogen-bond acceptors (Lipinski definition) is 12. The number of nitrogens with one attached hydrogen (secondary N) is 1. The van der Waals surface area contributed by atoms with Crippen LogP contribution in [0.2, 0.25) is 0 Å². The Morgan fingerprint density at radius 3 is 2.36 bits per heavy atom. The van der Waals surface area contributed by atoms with Gasteiger partial charge in [-0.05, 0) is 107 Å². The van der Waals surface area contributed by atoms with E-state index in [1.165, 1.54) is 16.9 Å². The SMILES string of the molecule is CC[C@H]1C[C@H](C(=O)OCC(=O)c2ccc3c(c2)COc2cc4c(cc2-3)CCC(OC(=O)[C@@H]2CC[C@H](C)N2C(=O)[C@@H](NC(=O)OC)C(C)C)C4=O)N(C(=O)OC(C)(C)C)C1. The standard InChI is InChI=1S/C44H55N3O12/c1-9-25-16-33(46(20-25)43(54)59-44(5,6)7)40(51)57-22-34(48)27-11-13-29-28(17-27)21-56-36-19-30-26(18-31(29)36)12-15-35(38(30)49)58-41(52)32-14-10-24(4)47(32)39(50)37(23(2)3)45-42(53)55-8/h11,13,17-19,23-25,32-33,35,37H,9-10,12,14-16,20-22H2,1-8H3,(H,45,53)/t24-,25-,32-,33+,35?,37-/m0/s1. The average Bonchev–Trinajstić information content (AvgIpc) is 3.82. The van der Waals surface area contributed by atoms with E-state index >= 15 is 0 Å². The van der Waals surface area contributed by atoms with E-state index in [9.17, 15) is 33.6 Å². The van der Waals surface area contributed by atoms with Crippen molar-refractivity contribution in [3.8, 4) is 16.9 Å². The molecule has 59 heavy (non-hydrogen) atoms. The first-order valence-corrected chi connectivity index (χ1v) is 20.4. The van der Waals surface area contributed by atoms with E-state index in [1.54, 1.807) is 58.9 Å². The van der Waals surface area contributed by atoms with Gasteiger partial charge in [0.15, 0.2) is 18.5 Å². The zero-order chi connectivity index (χ0) is 42.9. The highest BCUT2D eigenvalue weighted by Crippen LogP contribution is 2.42. The van der Waals surface area contributed by atoms with E-state index in [0.717, 1.165) is 28.7 Å². The molecule has 0 saturated carbocycles. The van der Waals surface area contributed by atoms with Crippen LogP contribution in [-0.2, 0) is 46.4 Å². The fraction of sp³-hybridized carbons (Fsp3) is 0.568. The molecule has 6 atom stereocenters. The van der Waals surface area contributed by atoms with Gasteiger partial charge in [0.05, 0.1) is 7.11 Å². The third-order valence-electron chi connectivity index (χ3n) is 11.6. The van der Waals surface area contributed by atoms with Gasteiger partial charge in [-0.1, -0.05) is 39.3 Å². The maximum absolute atomic E-state index is 13.8. The van der Waals surface area contributed by atoms with Crippen LogP contribution in [0.4, 0.5) is 9.59 Å². The van der Waals surface area contributed by atoms with Crippen LogP contribution in [0.5, 0.6) is 5.75 Å². The van der Waals surface area contributed by atoms with Gasteiger partial charge in [0.1, 0.15) is 36.1 Å². The van der Waals surface area contributed by atoms with Crippen molar-refractivity contribution in [1.29, 1.82) is 0 Å². The summed E-state index contributed by atoms with van der Waals surface area (Å²) in [6, 6.07) is 5.79. The molecule has 0 radical (unpaired) electrons. The molecule has 6 rings (SSSR count). The zero-order valence-electron chi connectivity index (χ0n) is 35.1. The number of benzene rings is 2. The highest BCUT2D eigenvalue weighted by Gasteiger charge is 2.45. The molecule has 0 spiro atoms. The van der Waals surface area contributed by atoms with Gasteiger partial charge in [0.2, 0.25) is 11.7 Å². The average molecular weight is 818 g/mol. The molecule has 318 valence electrons. The summed E-state index contributed by atoms with van der Waals surface area (Å²) in [5.74, 6) is -2.20. The Hall–Kier alpha value is -5.47. The van der Waals surface area contributed by atoms with Gasteiger partial charge in [0, 0.05) is 29.3 Å². The Morgan fingerprint density at radius 2 is 1.68 bits per heavy atom. The quantitative estimate of drug-likeness (QED) is 0.173. The van der Waals surface area contributed by atoms with Crippen LogP contribution in [0.1, 0.15) is 112 Å². The van der Waals surface area contributed by atoms with Gasteiger partial charge in [0.25, 0.3) is 0 Å². The van der Waals surface area contributed by atoms with Gasteiger partial charge in [-0.3, -0.25) is 19.3 Å². The molecule has 3 amide bonds. The maximum Gasteiger partial charge on any atom is 0.411 e. The molecule has 1 N–H and O–H groups in total. The van der Waals surface area contributed by atoms with Gasteiger partial charge in [-0.15, -0.1) is 0 Å². The third kappa shape index (κ3) is 9.23. The van der Waals surface area contributed by atoms with Crippen LogP contribution in [0.3, 0.4) is 0 Å². The molecule has 3 aliphatic heterocycles. The Morgan fingerprint density at radius 1 is 0.932 bits per heavy atom. The number of aryl methyl sites for hydroxylation is 1. The monoisotopic (exact) mass is 817 g/mol. The lowest BCUT2D eigenvalue weighted by atomic mass is 9.84. The number of hydrogen-bond donors (Lipinski definition) is 1. The lowest BCUT2D eigenvalue weighted by Gasteiger charge is -2.33. The third-order valence-corrected chi connectivity index (χ3v) is 11.6. The van der Waals surface area contributed by atoms with Crippen molar-refractivity contribution < 1.29 is 57.2 Å². The highest BCUT2D eigenvalue weighted by molar-refractivity contribution is 6.04. The minimum absolute atomic E-state index is 0.112. The van der Waals surface area contributed by atoms with Crippen LogP contribution in [-0.4, -0.2) is 108 Å². The maximum atomic E-state index is 13.8. The molecule has 1 aliphatic carbocycles. The predicted octanol–water partition coefficient (Wildman–Crippen LogP) is 5.81. The largest absolute Gasteiger partial charge is 0.488 e. The molecule has 2 fully saturated rings. The Bertz CT molecular complexity index is 2020. The molecule has 15 nitrogen and oxygen atoms in total. The van der Waals surface area contributed by atoms with Crippen molar-refractivity contribution >= 4 is 41.6 Å². The number of likely N-dealkylation sites (tertiary alicyclic amines) is 2. The summed E-state index contributed by atoms with van der Waals surface area (Å²) in [7, 11) is 1.21. The van der Waals surface area contributed by atoms with E-state index < -0.39 is 72.3 Å². The van der Waals surface area contributed by atoms with Crippen molar-refractivity contribution in [3.63, 3.8) is 0 Å². The van der Waals surface area contributed by atoms with Crippen molar-refractivity contribution in [1.82, 2.24) is 15.1 Å². The van der Waals surface area contributed by atoms with E-state index in [-0.39, 0.29) is 36.7 Å². The van der Waals surface area contributed by atoms with E-state index in [0.29, 0.717) is 49.1 Å². The normalized spacial score (nSPS) is 22.7. The number of nitrogens with zero attached hydrogens (tertiary/aromatic N) is 2. The minimum atomic E-state index is -1.05. The fourth-order valence-corrected chi connectivity index (χ4v) is 8.35. The number of esters is 2. The van der Waals surface area contributed by atoms with Crippen LogP contribution >= 0.6 is 0 Å². The number of fused-ring (bicyclic) bond motifs is 4. The van der Waals surface area contributed by atoms with Crippen LogP contribution < -0.4 is 10.1 Å². The molecule has 2 aromatic rings. The summed E-state index contributed by atoms with van der Waals surface area (Å²) in [6.45, 7) is 12.7. The second kappa shape index (κ2) is 17.4. The number of alkyl carbamates (subject to hydrolysis) is 1. The first-order chi connectivity index (χ1) is 27.9. The summed E-state index contributed by atoms with van der Waals surface area (Å²) in [4.78, 5) is 95.2. The number of methoxy groups -OCH3 is 1. The van der Waals surface area contributed by atoms with E-state index in [1.807, 2.05) is 19.9 Å². The van der Waals surface area contributed by atoms with Gasteiger partial charge < -0.3 is 33.9 Å². The molecule has 15 heteroatoms. The van der Waals surface area contributed by atoms with Crippen LogP contribution in [0.25, 0.3) is 11.1 Å². The summed E-state index contributed by atoms with van der Waals surface area (Å²) in [6.07, 6.45) is 0.431. The zero-order valence-corrected chi connectivity index (χ0v) is 35.1. The molecule has 2 aromatic carbocycles. The second-order valence-corrected chi connectivity index (χ2v) is 17.2. The lowest BCUT2D eigenvalue weighted by Crippen LogP contribution is -2.56. The molecule has 3 heterocycles. The number of carbonyl (C=O) groups is 7. The molecule has 4 aliphatic rings. The van der Waals surface area contributed by atoms with E-state index in [2.05, 4.69) is 5.32 Å². The first-order valence-electron chi connectivity index (χ1n) is 20.4. The first kappa shape index (κ1) is 43.1. The molecule has 0 aromatic heterocycles. The van der Waals surface area contributed by atoms with Gasteiger partial charge in [-0.25, -0.2) is 19.2 Å². The Labute approximate surface area is 344 Å². The summed E-state index contributed by atoms with van der Waals surface area (Å²) >= 11 is 0. The van der Waals surface area contributed by atoms with Crippen molar-refractivity contribution in [2.45, 2.75) is 129 Å². The van der Waals surface area contributed by atoms with Crippen molar-refractivity contribution in [2.24, 2.45) is 11.8 Å². The number of ether oxygens (including phenoxy) is 5. The molecule has 2 saturated heterocycles. The van der Waals surface area contributed by atoms with Crippen LogP contribution in [0.15, 0.2) is 30.3 Å². The summed E-state index contributed by atoms with van der Waals surface area (Å²) in [5, 5.41) is 2.57. The number of ketones is 2. The summed E-state index contributed by atoms with van der Waals surface area (Å²) < 4.78 is 27.6. The summed E-state index contributed by atoms with van der Waals surface area (Å²) in [5.41, 5.74) is 3.08. The highest BCUT2D eigenvalue weighted by atomic mass is 16.6. The smallest absolute Gasteiger partial charge is 0.411 e.